The van der Waals surface area contributed by atoms with Gasteiger partial charge in [0, 0.05) is 6.54 Å². The zero-order chi connectivity index (χ0) is 33.2. The fourth-order valence-corrected chi connectivity index (χ4v) is 12.8. The smallest absolute Gasteiger partial charge is 0.417 e. The fraction of sp³-hybridized carbons (Fsp3) is 0.405. The van der Waals surface area contributed by atoms with Gasteiger partial charge >= 0.3 is 6.09 Å². The third-order valence-corrected chi connectivity index (χ3v) is 15.7. The number of carbonyl (C=O) groups is 4. The number of amides is 4. The van der Waals surface area contributed by atoms with Crippen LogP contribution in [0.25, 0.3) is 0 Å². The molecular weight excluding hydrogens is 597 g/mol. The number of rotatable bonds is 12. The Labute approximate surface area is 272 Å². The summed E-state index contributed by atoms with van der Waals surface area (Å²) >= 11 is 0. The molecule has 0 spiro atoms. The summed E-state index contributed by atoms with van der Waals surface area (Å²) in [5, 5.41) is 0. The zero-order valence-corrected chi connectivity index (χ0v) is 28.6. The molecular formula is C37H44N2O6Si. The fourth-order valence-electron chi connectivity index (χ4n) is 7.40. The molecule has 1 fully saturated rings. The summed E-state index contributed by atoms with van der Waals surface area (Å²) < 4.78 is 12.2. The van der Waals surface area contributed by atoms with Crippen molar-refractivity contribution in [3.8, 4) is 0 Å². The van der Waals surface area contributed by atoms with E-state index in [1.54, 1.807) is 24.3 Å². The van der Waals surface area contributed by atoms with Crippen LogP contribution in [0.4, 0.5) is 4.79 Å². The van der Waals surface area contributed by atoms with Gasteiger partial charge in [-0.05, 0) is 51.9 Å². The van der Waals surface area contributed by atoms with E-state index >= 15 is 0 Å². The molecule has 0 saturated carbocycles. The SMILES string of the molecule is CC(C)[Si](OCc1ccc([C@@H](CN2C(=O)c3ccccc3C2=O)C(=O)N2C(=O)OC[C@H]2Cc2ccccc2)cc1)(C(C)C)C(C)C. The second-order valence-electron chi connectivity index (χ2n) is 13.3. The van der Waals surface area contributed by atoms with E-state index in [0.29, 0.717) is 46.3 Å². The molecule has 2 atom stereocenters. The maximum Gasteiger partial charge on any atom is 0.417 e. The van der Waals surface area contributed by atoms with E-state index in [1.807, 2.05) is 54.6 Å². The number of ether oxygens (including phenoxy) is 1. The number of cyclic esters (lactones) is 1. The summed E-state index contributed by atoms with van der Waals surface area (Å²) in [6, 6.07) is 23.3. The Morgan fingerprint density at radius 1 is 0.783 bits per heavy atom. The molecule has 9 heteroatoms. The molecule has 0 unspecified atom stereocenters. The summed E-state index contributed by atoms with van der Waals surface area (Å²) in [5.41, 5.74) is 4.48. The van der Waals surface area contributed by atoms with Crippen LogP contribution in [-0.2, 0) is 27.0 Å². The molecule has 2 aliphatic rings. The Balaban J connectivity index is 1.44. The molecule has 0 aromatic heterocycles. The highest BCUT2D eigenvalue weighted by Crippen LogP contribution is 2.43. The Morgan fingerprint density at radius 2 is 1.33 bits per heavy atom. The van der Waals surface area contributed by atoms with Crippen molar-refractivity contribution in [2.45, 2.75) is 83.2 Å². The molecule has 3 aromatic carbocycles. The first kappa shape index (κ1) is 33.3. The normalized spacial score (nSPS) is 17.3. The molecule has 242 valence electrons. The number of hydrogen-bond donors (Lipinski definition) is 0. The minimum atomic E-state index is -2.09. The first-order valence-electron chi connectivity index (χ1n) is 16.2. The van der Waals surface area contributed by atoms with E-state index in [0.717, 1.165) is 16.0 Å². The highest BCUT2D eigenvalue weighted by Gasteiger charge is 2.46. The predicted molar refractivity (Wildman–Crippen MR) is 179 cm³/mol. The monoisotopic (exact) mass is 640 g/mol. The van der Waals surface area contributed by atoms with E-state index in [4.69, 9.17) is 9.16 Å². The number of hydrogen-bond acceptors (Lipinski definition) is 6. The second-order valence-corrected chi connectivity index (χ2v) is 18.8. The molecule has 46 heavy (non-hydrogen) atoms. The van der Waals surface area contributed by atoms with Crippen LogP contribution < -0.4 is 0 Å². The van der Waals surface area contributed by atoms with Crippen LogP contribution in [0.5, 0.6) is 0 Å². The molecule has 2 heterocycles. The topological polar surface area (TPSA) is 93.2 Å². The van der Waals surface area contributed by atoms with Gasteiger partial charge < -0.3 is 9.16 Å². The lowest BCUT2D eigenvalue weighted by Gasteiger charge is -2.42. The third-order valence-electron chi connectivity index (χ3n) is 9.63. The zero-order valence-electron chi connectivity index (χ0n) is 27.6. The highest BCUT2D eigenvalue weighted by molar-refractivity contribution is 6.77. The highest BCUT2D eigenvalue weighted by atomic mass is 28.4. The molecule has 0 N–H and O–H groups in total. The molecule has 0 bridgehead atoms. The van der Waals surface area contributed by atoms with Crippen molar-refractivity contribution in [3.05, 3.63) is 107 Å². The van der Waals surface area contributed by atoms with E-state index in [-0.39, 0.29) is 13.2 Å². The summed E-state index contributed by atoms with van der Waals surface area (Å²) in [6.07, 6.45) is -0.290. The van der Waals surface area contributed by atoms with Crippen molar-refractivity contribution in [2.75, 3.05) is 13.2 Å². The van der Waals surface area contributed by atoms with E-state index in [1.165, 1.54) is 4.90 Å². The van der Waals surface area contributed by atoms with Crippen LogP contribution in [0.2, 0.25) is 16.6 Å². The van der Waals surface area contributed by atoms with Crippen LogP contribution >= 0.6 is 0 Å². The molecule has 8 nitrogen and oxygen atoms in total. The van der Waals surface area contributed by atoms with Crippen molar-refractivity contribution in [2.24, 2.45) is 0 Å². The number of benzene rings is 3. The summed E-state index contributed by atoms with van der Waals surface area (Å²) in [7, 11) is -2.09. The Kier molecular flexibility index (Phi) is 9.93. The van der Waals surface area contributed by atoms with Crippen LogP contribution in [0.1, 0.15) is 84.9 Å². The van der Waals surface area contributed by atoms with Crippen LogP contribution in [0.15, 0.2) is 78.9 Å². The summed E-state index contributed by atoms with van der Waals surface area (Å²) in [6.45, 7) is 13.8. The van der Waals surface area contributed by atoms with Crippen LogP contribution in [0, 0.1) is 0 Å². The number of carbonyl (C=O) groups excluding carboxylic acids is 4. The lowest BCUT2D eigenvalue weighted by Crippen LogP contribution is -2.47. The first-order chi connectivity index (χ1) is 22.0. The minimum Gasteiger partial charge on any atom is -0.447 e. The van der Waals surface area contributed by atoms with Crippen molar-refractivity contribution in [1.29, 1.82) is 0 Å². The number of imide groups is 2. The van der Waals surface area contributed by atoms with Gasteiger partial charge in [-0.15, -0.1) is 0 Å². The lowest BCUT2D eigenvalue weighted by molar-refractivity contribution is -0.130. The van der Waals surface area contributed by atoms with Gasteiger partial charge in [0.2, 0.25) is 14.2 Å². The van der Waals surface area contributed by atoms with Crippen molar-refractivity contribution in [1.82, 2.24) is 9.80 Å². The predicted octanol–water partition coefficient (Wildman–Crippen LogP) is 7.35. The second kappa shape index (κ2) is 13.7. The summed E-state index contributed by atoms with van der Waals surface area (Å²) in [5.74, 6) is -2.39. The largest absolute Gasteiger partial charge is 0.447 e. The standard InChI is InChI=1S/C37H44N2O6Si/c1-24(2)46(25(3)4,26(5)6)45-22-28-16-18-29(19-17-28)33(21-38-34(40)31-14-10-11-15-32(31)35(38)41)36(42)39-30(23-44-37(39)43)20-27-12-8-7-9-13-27/h7-19,24-26,30,33H,20-23H2,1-6H3/t30-,33-/m1/s1. The quantitative estimate of drug-likeness (QED) is 0.152. The Bertz CT molecular complexity index is 1530. The lowest BCUT2D eigenvalue weighted by atomic mass is 9.94. The van der Waals surface area contributed by atoms with E-state index in [2.05, 4.69) is 41.5 Å². The molecule has 1 saturated heterocycles. The molecule has 0 aliphatic carbocycles. The average molecular weight is 641 g/mol. The van der Waals surface area contributed by atoms with Gasteiger partial charge in [-0.3, -0.25) is 19.3 Å². The van der Waals surface area contributed by atoms with Gasteiger partial charge in [-0.2, -0.15) is 0 Å². The van der Waals surface area contributed by atoms with Gasteiger partial charge in [-0.1, -0.05) is 108 Å². The molecule has 5 rings (SSSR count). The third kappa shape index (κ3) is 6.31. The van der Waals surface area contributed by atoms with Crippen LogP contribution in [-0.4, -0.2) is 61.1 Å². The Hall–Kier alpha value is -4.08. The summed E-state index contributed by atoms with van der Waals surface area (Å²) in [4.78, 5) is 56.4. The van der Waals surface area contributed by atoms with Gasteiger partial charge in [0.25, 0.3) is 11.8 Å². The van der Waals surface area contributed by atoms with Crippen molar-refractivity contribution in [3.63, 3.8) is 0 Å². The first-order valence-corrected chi connectivity index (χ1v) is 18.3. The molecule has 4 amide bonds. The van der Waals surface area contributed by atoms with Crippen molar-refractivity contribution < 1.29 is 28.3 Å². The van der Waals surface area contributed by atoms with Gasteiger partial charge in [-0.25, -0.2) is 9.69 Å². The molecule has 3 aromatic rings. The Morgan fingerprint density at radius 3 is 1.87 bits per heavy atom. The average Bonchev–Trinajstić information content (AvgIpc) is 3.51. The van der Waals surface area contributed by atoms with E-state index in [9.17, 15) is 19.2 Å². The maximum atomic E-state index is 14.4. The van der Waals surface area contributed by atoms with Gasteiger partial charge in [0.15, 0.2) is 0 Å². The maximum absolute atomic E-state index is 14.4. The molecule has 2 aliphatic heterocycles. The van der Waals surface area contributed by atoms with Gasteiger partial charge in [0.05, 0.1) is 29.7 Å². The minimum absolute atomic E-state index is 0.0721. The van der Waals surface area contributed by atoms with Crippen molar-refractivity contribution >= 4 is 32.1 Å². The van der Waals surface area contributed by atoms with Gasteiger partial charge in [0.1, 0.15) is 6.61 Å². The number of nitrogens with zero attached hydrogens (tertiary/aromatic N) is 2. The molecule has 0 radical (unpaired) electrons. The van der Waals surface area contributed by atoms with E-state index < -0.39 is 44.1 Å². The number of fused-ring (bicyclic) bond motifs is 1. The van der Waals surface area contributed by atoms with Crippen LogP contribution in [0.3, 0.4) is 0 Å².